The number of likely N-dealkylation sites (N-methyl/N-ethyl adjacent to an activating group) is 1. The van der Waals surface area contributed by atoms with Gasteiger partial charge in [-0.3, -0.25) is 4.79 Å². The Morgan fingerprint density at radius 1 is 1.06 bits per heavy atom. The van der Waals surface area contributed by atoms with Crippen molar-refractivity contribution in [2.24, 2.45) is 16.0 Å². The second-order valence-corrected chi connectivity index (χ2v) is 9.58. The molecule has 178 valence electrons. The van der Waals surface area contributed by atoms with Gasteiger partial charge in [0.05, 0.1) is 18.0 Å². The molecule has 1 amide bonds. The van der Waals surface area contributed by atoms with E-state index >= 15 is 0 Å². The summed E-state index contributed by atoms with van der Waals surface area (Å²) in [6.07, 6.45) is 5.92. The van der Waals surface area contributed by atoms with Crippen molar-refractivity contribution in [3.63, 3.8) is 0 Å². The molecule has 0 aliphatic rings. The Labute approximate surface area is 204 Å². The highest BCUT2D eigenvalue weighted by atomic mass is 127. The fraction of sp³-hybridized carbons (Fsp3) is 0.619. The predicted molar refractivity (Wildman–Crippen MR) is 137 cm³/mol. The van der Waals surface area contributed by atoms with E-state index in [4.69, 9.17) is 5.14 Å². The lowest BCUT2D eigenvalue weighted by molar-refractivity contribution is -0.127. The number of nitrogens with two attached hydrogens (primary N) is 1. The molecular weight excluding hydrogens is 529 g/mol. The largest absolute Gasteiger partial charge is 0.356 e. The number of nitrogens with one attached hydrogen (secondary N) is 2. The number of hydrogen-bond donors (Lipinski definition) is 3. The standard InChI is InChI=1S/C21H37N5O3S.HI/c1-17(2)9-7-5-6-8-14-23-21(25-16-20(27)26(3)4)24-15-18-10-12-19(13-11-18)30(22,28)29;/h10-13,17H,5-9,14-16H2,1-4H3,(H2,22,28,29)(H2,23,24,25);1H. The third kappa shape index (κ3) is 13.6. The van der Waals surface area contributed by atoms with Gasteiger partial charge in [0, 0.05) is 20.6 Å². The molecule has 0 aromatic heterocycles. The minimum absolute atomic E-state index is 0. The monoisotopic (exact) mass is 567 g/mol. The molecule has 0 aliphatic carbocycles. The summed E-state index contributed by atoms with van der Waals surface area (Å²) in [6.45, 7) is 5.76. The molecular formula is C21H38IN5O3S. The minimum Gasteiger partial charge on any atom is -0.356 e. The van der Waals surface area contributed by atoms with Gasteiger partial charge in [-0.2, -0.15) is 0 Å². The summed E-state index contributed by atoms with van der Waals surface area (Å²) < 4.78 is 22.7. The number of sulfonamides is 1. The van der Waals surface area contributed by atoms with Crippen LogP contribution < -0.4 is 15.8 Å². The summed E-state index contributed by atoms with van der Waals surface area (Å²) in [6, 6.07) is 6.29. The SMILES string of the molecule is CC(C)CCCCCCNC(=NCc1ccc(S(N)(=O)=O)cc1)NCC(=O)N(C)C.I. The fourth-order valence-corrected chi connectivity index (χ4v) is 3.20. The normalized spacial score (nSPS) is 11.7. The Morgan fingerprint density at radius 3 is 2.23 bits per heavy atom. The fourth-order valence-electron chi connectivity index (χ4n) is 2.68. The van der Waals surface area contributed by atoms with Crippen molar-refractivity contribution in [1.29, 1.82) is 0 Å². The van der Waals surface area contributed by atoms with E-state index in [0.29, 0.717) is 12.5 Å². The lowest BCUT2D eigenvalue weighted by Crippen LogP contribution is -2.43. The van der Waals surface area contributed by atoms with Gasteiger partial charge in [-0.25, -0.2) is 18.5 Å². The van der Waals surface area contributed by atoms with Crippen LogP contribution in [0.3, 0.4) is 0 Å². The Morgan fingerprint density at radius 2 is 1.68 bits per heavy atom. The summed E-state index contributed by atoms with van der Waals surface area (Å²) in [5, 5.41) is 11.5. The van der Waals surface area contributed by atoms with Crippen molar-refractivity contribution in [3.8, 4) is 0 Å². The number of guanidine groups is 1. The molecule has 1 rings (SSSR count). The molecule has 0 bridgehead atoms. The highest BCUT2D eigenvalue weighted by Crippen LogP contribution is 2.10. The molecule has 1 aromatic rings. The van der Waals surface area contributed by atoms with E-state index in [-0.39, 0.29) is 41.3 Å². The summed E-state index contributed by atoms with van der Waals surface area (Å²) in [7, 11) is -0.293. The first-order chi connectivity index (χ1) is 14.1. The lowest BCUT2D eigenvalue weighted by Gasteiger charge is -2.15. The number of benzene rings is 1. The van der Waals surface area contributed by atoms with Crippen LogP contribution in [0.15, 0.2) is 34.2 Å². The minimum atomic E-state index is -3.71. The predicted octanol–water partition coefficient (Wildman–Crippen LogP) is 2.68. The van der Waals surface area contributed by atoms with Gasteiger partial charge in [-0.1, -0.05) is 51.7 Å². The number of primary sulfonamides is 1. The van der Waals surface area contributed by atoms with E-state index in [9.17, 15) is 13.2 Å². The van der Waals surface area contributed by atoms with Crippen molar-refractivity contribution < 1.29 is 13.2 Å². The molecule has 0 saturated heterocycles. The van der Waals surface area contributed by atoms with Crippen LogP contribution in [0.5, 0.6) is 0 Å². The van der Waals surface area contributed by atoms with Crippen LogP contribution in [0.1, 0.15) is 51.5 Å². The lowest BCUT2D eigenvalue weighted by atomic mass is 10.0. The number of amides is 1. The van der Waals surface area contributed by atoms with E-state index in [2.05, 4.69) is 29.5 Å². The Kier molecular flexibility index (Phi) is 14.7. The van der Waals surface area contributed by atoms with Crippen LogP contribution in [0.2, 0.25) is 0 Å². The Balaban J connectivity index is 0.00000900. The molecule has 0 atom stereocenters. The topological polar surface area (TPSA) is 117 Å². The Bertz CT molecular complexity index is 781. The summed E-state index contributed by atoms with van der Waals surface area (Å²) >= 11 is 0. The second-order valence-electron chi connectivity index (χ2n) is 8.02. The summed E-state index contributed by atoms with van der Waals surface area (Å²) in [4.78, 5) is 18.0. The van der Waals surface area contributed by atoms with Gasteiger partial charge < -0.3 is 15.5 Å². The van der Waals surface area contributed by atoms with Gasteiger partial charge in [0.25, 0.3) is 0 Å². The van der Waals surface area contributed by atoms with Gasteiger partial charge in [0.2, 0.25) is 15.9 Å². The average Bonchev–Trinajstić information content (AvgIpc) is 2.67. The van der Waals surface area contributed by atoms with Gasteiger partial charge in [-0.05, 0) is 30.0 Å². The number of hydrogen-bond acceptors (Lipinski definition) is 4. The zero-order valence-electron chi connectivity index (χ0n) is 19.1. The summed E-state index contributed by atoms with van der Waals surface area (Å²) in [5.74, 6) is 1.26. The smallest absolute Gasteiger partial charge is 0.241 e. The highest BCUT2D eigenvalue weighted by Gasteiger charge is 2.08. The van der Waals surface area contributed by atoms with Crippen LogP contribution >= 0.6 is 24.0 Å². The van der Waals surface area contributed by atoms with Crippen LogP contribution in [0, 0.1) is 5.92 Å². The molecule has 0 heterocycles. The number of halogens is 1. The maximum Gasteiger partial charge on any atom is 0.241 e. The molecule has 1 aromatic carbocycles. The molecule has 0 radical (unpaired) electrons. The highest BCUT2D eigenvalue weighted by molar-refractivity contribution is 14.0. The van der Waals surface area contributed by atoms with E-state index in [1.165, 1.54) is 36.3 Å². The first-order valence-electron chi connectivity index (χ1n) is 10.4. The van der Waals surface area contributed by atoms with Gasteiger partial charge in [0.15, 0.2) is 5.96 Å². The maximum atomic E-state index is 11.9. The van der Waals surface area contributed by atoms with Crippen LogP contribution in [0.25, 0.3) is 0 Å². The Hall–Kier alpha value is -1.40. The van der Waals surface area contributed by atoms with Crippen LogP contribution in [-0.2, 0) is 21.4 Å². The molecule has 10 heteroatoms. The molecule has 31 heavy (non-hydrogen) atoms. The number of nitrogens with zero attached hydrogens (tertiary/aromatic N) is 2. The van der Waals surface area contributed by atoms with Crippen LogP contribution in [0.4, 0.5) is 0 Å². The summed E-state index contributed by atoms with van der Waals surface area (Å²) in [5.41, 5.74) is 0.844. The molecule has 0 unspecified atom stereocenters. The van der Waals surface area contributed by atoms with E-state index in [1.807, 2.05) is 0 Å². The first-order valence-corrected chi connectivity index (χ1v) is 12.0. The second kappa shape index (κ2) is 15.4. The number of unbranched alkanes of at least 4 members (excludes halogenated alkanes) is 3. The van der Waals surface area contributed by atoms with Gasteiger partial charge in [-0.15, -0.1) is 24.0 Å². The third-order valence-electron chi connectivity index (χ3n) is 4.58. The van der Waals surface area contributed by atoms with Gasteiger partial charge in [0.1, 0.15) is 0 Å². The zero-order valence-corrected chi connectivity index (χ0v) is 22.2. The molecule has 0 aliphatic heterocycles. The molecule has 0 saturated carbocycles. The van der Waals surface area contributed by atoms with Crippen molar-refractivity contribution in [3.05, 3.63) is 29.8 Å². The molecule has 0 spiro atoms. The number of carbonyl (C=O) groups is 1. The van der Waals surface area contributed by atoms with Gasteiger partial charge >= 0.3 is 0 Å². The number of rotatable bonds is 12. The van der Waals surface area contributed by atoms with E-state index in [1.54, 1.807) is 26.2 Å². The molecule has 8 nitrogen and oxygen atoms in total. The van der Waals surface area contributed by atoms with Crippen molar-refractivity contribution in [2.45, 2.75) is 57.4 Å². The number of carbonyl (C=O) groups excluding carboxylic acids is 1. The average molecular weight is 568 g/mol. The maximum absolute atomic E-state index is 11.9. The van der Waals surface area contributed by atoms with E-state index < -0.39 is 10.0 Å². The van der Waals surface area contributed by atoms with Crippen molar-refractivity contribution in [2.75, 3.05) is 27.2 Å². The quantitative estimate of drug-likeness (QED) is 0.156. The van der Waals surface area contributed by atoms with Crippen molar-refractivity contribution >= 4 is 45.9 Å². The van der Waals surface area contributed by atoms with Crippen LogP contribution in [-0.4, -0.2) is 52.4 Å². The third-order valence-corrected chi connectivity index (χ3v) is 5.51. The van der Waals surface area contributed by atoms with E-state index in [0.717, 1.165) is 30.9 Å². The van der Waals surface area contributed by atoms with Crippen molar-refractivity contribution in [1.82, 2.24) is 15.5 Å². The molecule has 4 N–H and O–H groups in total. The number of aliphatic imine (C=N–C) groups is 1. The molecule has 0 fully saturated rings. The first kappa shape index (κ1) is 29.6. The zero-order chi connectivity index (χ0) is 22.6.